The summed E-state index contributed by atoms with van der Waals surface area (Å²) in [4.78, 5) is 37.8. The molecule has 0 aliphatic heterocycles. The summed E-state index contributed by atoms with van der Waals surface area (Å²) in [5, 5.41) is 8.35. The van der Waals surface area contributed by atoms with E-state index in [1.54, 1.807) is 18.2 Å². The van der Waals surface area contributed by atoms with Gasteiger partial charge in [0.2, 0.25) is 11.6 Å². The van der Waals surface area contributed by atoms with Gasteiger partial charge in [-0.1, -0.05) is 80.8 Å². The first kappa shape index (κ1) is 32.3. The molecule has 3 aromatic carbocycles. The van der Waals surface area contributed by atoms with Crippen LogP contribution < -0.4 is 0 Å². The zero-order chi connectivity index (χ0) is 29.7. The Labute approximate surface area is 250 Å². The highest BCUT2D eigenvalue weighted by Gasteiger charge is 2.16. The van der Waals surface area contributed by atoms with Crippen molar-refractivity contribution in [3.05, 3.63) is 83.9 Å². The average molecular weight is 583 g/mol. The van der Waals surface area contributed by atoms with E-state index >= 15 is 0 Å². The average Bonchev–Trinajstić information content (AvgIpc) is 3.72. The first-order valence-corrected chi connectivity index (χ1v) is 13.7. The smallest absolute Gasteiger partial charge is 0.373 e. The molecule has 0 saturated heterocycles. The molecule has 0 bridgehead atoms. The molecule has 0 aliphatic carbocycles. The molecule has 10 nitrogen and oxygen atoms in total. The van der Waals surface area contributed by atoms with Crippen molar-refractivity contribution in [3.8, 4) is 45.7 Å². The number of hydrogen-bond acceptors (Lipinski definition) is 10. The maximum atomic E-state index is 12.3. The van der Waals surface area contributed by atoms with E-state index in [0.717, 1.165) is 48.8 Å². The minimum absolute atomic E-state index is 0. The first-order chi connectivity index (χ1) is 20.6. The molecule has 5 aromatic rings. The van der Waals surface area contributed by atoms with Crippen LogP contribution in [-0.4, -0.2) is 39.0 Å². The molecule has 2 heterocycles. The molecule has 0 N–H and O–H groups in total. The Morgan fingerprint density at radius 1 is 0.744 bits per heavy atom. The lowest BCUT2D eigenvalue weighted by atomic mass is 10.1. The van der Waals surface area contributed by atoms with Crippen molar-refractivity contribution in [1.82, 2.24) is 20.3 Å². The monoisotopic (exact) mass is 582 g/mol. The van der Waals surface area contributed by atoms with Crippen LogP contribution in [0.5, 0.6) is 0 Å². The summed E-state index contributed by atoms with van der Waals surface area (Å²) < 4.78 is 16.4. The number of unbranched alkanes of at least 4 members (excludes halogenated alkanes) is 2. The van der Waals surface area contributed by atoms with Crippen molar-refractivity contribution in [3.63, 3.8) is 0 Å². The van der Waals surface area contributed by atoms with E-state index in [1.165, 1.54) is 5.56 Å². The fraction of sp³-hybridized carbons (Fsp3) is 0.273. The van der Waals surface area contributed by atoms with Crippen LogP contribution in [0.15, 0.2) is 81.8 Å². The van der Waals surface area contributed by atoms with Gasteiger partial charge in [-0.2, -0.15) is 19.6 Å². The Morgan fingerprint density at radius 3 is 1.88 bits per heavy atom. The van der Waals surface area contributed by atoms with Crippen LogP contribution >= 0.6 is 0 Å². The van der Waals surface area contributed by atoms with Gasteiger partial charge in [0.25, 0.3) is 11.8 Å². The standard InChI is InChI=1S/C31H30N4O4.CO2.CH4/c1-3-5-10-21-11-7-14-24(18-21)29-32-27(34-38-29)22-12-8-13-23(19-22)28-33-30(39-35-28)25-15-9-16-26(20-25)31(36)37-17-6-4-2;2-1-3;/h7-9,11-16,18-20H,3-6,10,17H2,1-2H3;;1H4. The third-order valence-electron chi connectivity index (χ3n) is 6.30. The summed E-state index contributed by atoms with van der Waals surface area (Å²) in [7, 11) is 0. The minimum atomic E-state index is -0.370. The van der Waals surface area contributed by atoms with Crippen LogP contribution in [0.1, 0.15) is 62.9 Å². The molecular formula is C33H34N4O6. The number of nitrogens with zero attached hydrogens (tertiary/aromatic N) is 4. The summed E-state index contributed by atoms with van der Waals surface area (Å²) in [6.45, 7) is 4.63. The Kier molecular flexibility index (Phi) is 12.2. The van der Waals surface area contributed by atoms with Crippen molar-refractivity contribution in [2.75, 3.05) is 6.61 Å². The second kappa shape index (κ2) is 16.3. The molecule has 222 valence electrons. The molecule has 0 aliphatic rings. The fourth-order valence-electron chi connectivity index (χ4n) is 4.13. The Hall–Kier alpha value is -5.21. The van der Waals surface area contributed by atoms with Gasteiger partial charge in [-0.25, -0.2) is 4.79 Å². The van der Waals surface area contributed by atoms with Gasteiger partial charge in [0.15, 0.2) is 0 Å². The number of carbonyl (C=O) groups is 1. The molecule has 0 spiro atoms. The second-order valence-electron chi connectivity index (χ2n) is 9.38. The third kappa shape index (κ3) is 8.64. The van der Waals surface area contributed by atoms with Crippen LogP contribution in [0.25, 0.3) is 45.7 Å². The van der Waals surface area contributed by atoms with Crippen molar-refractivity contribution in [1.29, 1.82) is 0 Å². The number of benzene rings is 3. The second-order valence-corrected chi connectivity index (χ2v) is 9.38. The van der Waals surface area contributed by atoms with Gasteiger partial charge in [0.05, 0.1) is 12.2 Å². The van der Waals surface area contributed by atoms with Crippen molar-refractivity contribution in [2.24, 2.45) is 0 Å². The Bertz CT molecular complexity index is 1650. The van der Waals surface area contributed by atoms with E-state index in [-0.39, 0.29) is 19.5 Å². The van der Waals surface area contributed by atoms with Crippen molar-refractivity contribution in [2.45, 2.75) is 53.4 Å². The predicted molar refractivity (Wildman–Crippen MR) is 159 cm³/mol. The lowest BCUT2D eigenvalue weighted by Crippen LogP contribution is -2.06. The van der Waals surface area contributed by atoms with Crippen LogP contribution in [-0.2, 0) is 20.7 Å². The van der Waals surface area contributed by atoms with E-state index in [9.17, 15) is 4.79 Å². The molecule has 0 fully saturated rings. The highest BCUT2D eigenvalue weighted by molar-refractivity contribution is 5.90. The van der Waals surface area contributed by atoms with Crippen molar-refractivity contribution < 1.29 is 28.2 Å². The SMILES string of the molecule is C.CCCCOC(=O)c1cccc(-c2nc(-c3cccc(-c4noc(-c5cccc(CCCC)c5)n4)c3)no2)c1.O=C=O. The van der Waals surface area contributed by atoms with E-state index in [0.29, 0.717) is 41.2 Å². The van der Waals surface area contributed by atoms with E-state index in [2.05, 4.69) is 39.3 Å². The molecule has 5 rings (SSSR count). The van der Waals surface area contributed by atoms with Gasteiger partial charge >= 0.3 is 12.1 Å². The van der Waals surface area contributed by atoms with Crippen LogP contribution in [0, 0.1) is 0 Å². The molecule has 0 unspecified atom stereocenters. The van der Waals surface area contributed by atoms with Gasteiger partial charge in [-0.3, -0.25) is 0 Å². The molecular weight excluding hydrogens is 548 g/mol. The zero-order valence-corrected chi connectivity index (χ0v) is 23.4. The number of ether oxygens (including phenoxy) is 1. The molecule has 0 amide bonds. The third-order valence-corrected chi connectivity index (χ3v) is 6.30. The maximum Gasteiger partial charge on any atom is 0.373 e. The lowest BCUT2D eigenvalue weighted by molar-refractivity contribution is -0.191. The first-order valence-electron chi connectivity index (χ1n) is 13.7. The van der Waals surface area contributed by atoms with Gasteiger partial charge in [-0.15, -0.1) is 0 Å². The highest BCUT2D eigenvalue weighted by atomic mass is 16.5. The van der Waals surface area contributed by atoms with E-state index in [1.807, 2.05) is 49.4 Å². The molecule has 43 heavy (non-hydrogen) atoms. The summed E-state index contributed by atoms with van der Waals surface area (Å²) in [6, 6.07) is 22.8. The number of esters is 1. The lowest BCUT2D eigenvalue weighted by Gasteiger charge is -2.04. The molecule has 0 atom stereocenters. The van der Waals surface area contributed by atoms with Crippen LogP contribution in [0.2, 0.25) is 0 Å². The van der Waals surface area contributed by atoms with Crippen molar-refractivity contribution >= 4 is 12.1 Å². The Balaban J connectivity index is 0.00000121. The predicted octanol–water partition coefficient (Wildman–Crippen LogP) is 7.47. The summed E-state index contributed by atoms with van der Waals surface area (Å²) in [5.41, 5.74) is 4.74. The summed E-state index contributed by atoms with van der Waals surface area (Å²) in [6.07, 6.45) is 5.34. The topological polar surface area (TPSA) is 138 Å². The normalized spacial score (nSPS) is 10.2. The van der Waals surface area contributed by atoms with Gasteiger partial charge in [-0.05, 0) is 61.2 Å². The molecule has 10 heteroatoms. The maximum absolute atomic E-state index is 12.3. The number of carbonyl (C=O) groups excluding carboxylic acids is 3. The number of rotatable bonds is 11. The molecule has 0 saturated carbocycles. The van der Waals surface area contributed by atoms with Gasteiger partial charge in [0.1, 0.15) is 0 Å². The molecule has 2 aromatic heterocycles. The zero-order valence-electron chi connectivity index (χ0n) is 23.4. The van der Waals surface area contributed by atoms with Gasteiger partial charge in [0, 0.05) is 22.3 Å². The number of aromatic nitrogens is 4. The van der Waals surface area contributed by atoms with Gasteiger partial charge < -0.3 is 13.8 Å². The van der Waals surface area contributed by atoms with Crippen LogP contribution in [0.3, 0.4) is 0 Å². The largest absolute Gasteiger partial charge is 0.462 e. The molecule has 0 radical (unpaired) electrons. The number of hydrogen-bond donors (Lipinski definition) is 0. The highest BCUT2D eigenvalue weighted by Crippen LogP contribution is 2.28. The minimum Gasteiger partial charge on any atom is -0.462 e. The van der Waals surface area contributed by atoms with Crippen LogP contribution in [0.4, 0.5) is 0 Å². The van der Waals surface area contributed by atoms with E-state index in [4.69, 9.17) is 23.4 Å². The quantitative estimate of drug-likeness (QED) is 0.114. The summed E-state index contributed by atoms with van der Waals surface area (Å²) >= 11 is 0. The number of aryl methyl sites for hydroxylation is 1. The van der Waals surface area contributed by atoms with E-state index < -0.39 is 0 Å². The Morgan fingerprint density at radius 2 is 1.28 bits per heavy atom. The fourth-order valence-corrected chi connectivity index (χ4v) is 4.13. The summed E-state index contributed by atoms with van der Waals surface area (Å²) in [5.74, 6) is 1.30.